The van der Waals surface area contributed by atoms with Crippen molar-refractivity contribution >= 4 is 11.7 Å². The number of carbonyl (C=O) groups excluding carboxylic acids is 1. The predicted molar refractivity (Wildman–Crippen MR) is 61.1 cm³/mol. The zero-order valence-corrected chi connectivity index (χ0v) is 9.44. The van der Waals surface area contributed by atoms with Gasteiger partial charge in [-0.25, -0.2) is 9.97 Å². The summed E-state index contributed by atoms with van der Waals surface area (Å²) in [5, 5.41) is 3.02. The number of nitrogens with zero attached hydrogens (tertiary/aromatic N) is 3. The number of likely N-dealkylation sites (tertiary alicyclic amines) is 1. The number of amides is 1. The van der Waals surface area contributed by atoms with Crippen LogP contribution in [0.15, 0.2) is 12.4 Å². The number of carbonyl (C=O) groups is 1. The number of anilines is 1. The van der Waals surface area contributed by atoms with Gasteiger partial charge in [0.2, 0.25) is 5.91 Å². The molecular formula is C11H16N4O. The summed E-state index contributed by atoms with van der Waals surface area (Å²) in [6.45, 7) is 4.00. The molecule has 2 heterocycles. The van der Waals surface area contributed by atoms with Gasteiger partial charge in [-0.1, -0.05) is 0 Å². The zero-order chi connectivity index (χ0) is 11.4. The van der Waals surface area contributed by atoms with E-state index in [-0.39, 0.29) is 5.91 Å². The maximum Gasteiger partial charge on any atom is 0.241 e. The number of aromatic nitrogens is 2. The van der Waals surface area contributed by atoms with Crippen molar-refractivity contribution in [1.82, 2.24) is 14.9 Å². The fraction of sp³-hybridized carbons (Fsp3) is 0.545. The number of rotatable bonds is 3. The van der Waals surface area contributed by atoms with Gasteiger partial charge in [0.25, 0.3) is 0 Å². The van der Waals surface area contributed by atoms with Crippen molar-refractivity contribution in [2.45, 2.75) is 19.8 Å². The molecule has 1 saturated heterocycles. The quantitative estimate of drug-likeness (QED) is 0.819. The first kappa shape index (κ1) is 10.9. The zero-order valence-electron chi connectivity index (χ0n) is 9.44. The van der Waals surface area contributed by atoms with E-state index in [4.69, 9.17) is 0 Å². The van der Waals surface area contributed by atoms with Crippen molar-refractivity contribution in [1.29, 1.82) is 0 Å². The van der Waals surface area contributed by atoms with Crippen LogP contribution in [0.5, 0.6) is 0 Å². The molecule has 0 aromatic carbocycles. The number of hydrogen-bond acceptors (Lipinski definition) is 4. The van der Waals surface area contributed by atoms with Gasteiger partial charge in [0.1, 0.15) is 12.1 Å². The molecule has 16 heavy (non-hydrogen) atoms. The largest absolute Gasteiger partial charge is 0.361 e. The molecule has 0 atom stereocenters. The molecule has 2 rings (SSSR count). The Balaban J connectivity index is 1.84. The smallest absolute Gasteiger partial charge is 0.241 e. The molecule has 0 aliphatic carbocycles. The summed E-state index contributed by atoms with van der Waals surface area (Å²) in [5.41, 5.74) is 0.895. The summed E-state index contributed by atoms with van der Waals surface area (Å²) in [6, 6.07) is 1.83. The van der Waals surface area contributed by atoms with E-state index in [0.29, 0.717) is 12.4 Å². The third-order valence-corrected chi connectivity index (χ3v) is 2.68. The van der Waals surface area contributed by atoms with Crippen LogP contribution in [0.3, 0.4) is 0 Å². The minimum atomic E-state index is 0.147. The molecule has 0 spiro atoms. The van der Waals surface area contributed by atoms with E-state index in [1.807, 2.05) is 17.9 Å². The molecule has 5 nitrogen and oxygen atoms in total. The van der Waals surface area contributed by atoms with Crippen LogP contribution >= 0.6 is 0 Å². The average molecular weight is 220 g/mol. The fourth-order valence-electron chi connectivity index (χ4n) is 1.80. The minimum absolute atomic E-state index is 0.147. The molecular weight excluding hydrogens is 204 g/mol. The summed E-state index contributed by atoms with van der Waals surface area (Å²) in [5.74, 6) is 0.855. The van der Waals surface area contributed by atoms with Crippen LogP contribution in [-0.4, -0.2) is 40.4 Å². The molecule has 1 aliphatic rings. The highest BCUT2D eigenvalue weighted by Gasteiger charge is 2.17. The van der Waals surface area contributed by atoms with E-state index in [1.165, 1.54) is 6.33 Å². The van der Waals surface area contributed by atoms with Crippen molar-refractivity contribution in [2.24, 2.45) is 0 Å². The molecule has 0 unspecified atom stereocenters. The van der Waals surface area contributed by atoms with Crippen LogP contribution in [0.1, 0.15) is 18.5 Å². The van der Waals surface area contributed by atoms with Crippen molar-refractivity contribution in [3.05, 3.63) is 18.1 Å². The Morgan fingerprint density at radius 3 is 2.88 bits per heavy atom. The average Bonchev–Trinajstić information content (AvgIpc) is 2.79. The molecule has 1 N–H and O–H groups in total. The molecule has 0 saturated carbocycles. The summed E-state index contributed by atoms with van der Waals surface area (Å²) in [7, 11) is 0. The molecule has 0 radical (unpaired) electrons. The van der Waals surface area contributed by atoms with Gasteiger partial charge in [0.15, 0.2) is 0 Å². The Kier molecular flexibility index (Phi) is 3.34. The lowest BCUT2D eigenvalue weighted by Gasteiger charge is -2.15. The maximum absolute atomic E-state index is 11.7. The van der Waals surface area contributed by atoms with E-state index in [1.54, 1.807) is 0 Å². The highest BCUT2D eigenvalue weighted by Crippen LogP contribution is 2.08. The lowest BCUT2D eigenvalue weighted by Crippen LogP contribution is -2.33. The highest BCUT2D eigenvalue weighted by atomic mass is 16.2. The Hall–Kier alpha value is -1.65. The standard InChI is InChI=1S/C11H16N4O/c1-9-6-10(14-8-13-9)12-7-11(16)15-4-2-3-5-15/h6,8H,2-5,7H2,1H3,(H,12,13,14). The summed E-state index contributed by atoms with van der Waals surface area (Å²) in [6.07, 6.45) is 3.74. The van der Waals surface area contributed by atoms with Crippen molar-refractivity contribution in [2.75, 3.05) is 25.0 Å². The van der Waals surface area contributed by atoms with Crippen LogP contribution in [0.25, 0.3) is 0 Å². The van der Waals surface area contributed by atoms with Crippen LogP contribution in [0.4, 0.5) is 5.82 Å². The third kappa shape index (κ3) is 2.68. The third-order valence-electron chi connectivity index (χ3n) is 2.68. The van der Waals surface area contributed by atoms with E-state index in [9.17, 15) is 4.79 Å². The van der Waals surface area contributed by atoms with Gasteiger partial charge >= 0.3 is 0 Å². The topological polar surface area (TPSA) is 58.1 Å². The first-order valence-electron chi connectivity index (χ1n) is 5.56. The molecule has 1 aromatic heterocycles. The monoisotopic (exact) mass is 220 g/mol. The highest BCUT2D eigenvalue weighted by molar-refractivity contribution is 5.80. The molecule has 86 valence electrons. The maximum atomic E-state index is 11.7. The van der Waals surface area contributed by atoms with Crippen LogP contribution in [0, 0.1) is 6.92 Å². The van der Waals surface area contributed by atoms with Crippen LogP contribution in [-0.2, 0) is 4.79 Å². The van der Waals surface area contributed by atoms with Crippen LogP contribution < -0.4 is 5.32 Å². The van der Waals surface area contributed by atoms with Crippen molar-refractivity contribution in [3.8, 4) is 0 Å². The van der Waals surface area contributed by atoms with E-state index in [0.717, 1.165) is 31.6 Å². The van der Waals surface area contributed by atoms with E-state index >= 15 is 0 Å². The first-order valence-corrected chi connectivity index (χ1v) is 5.56. The second-order valence-corrected chi connectivity index (χ2v) is 3.99. The van der Waals surface area contributed by atoms with Gasteiger partial charge in [-0.15, -0.1) is 0 Å². The second-order valence-electron chi connectivity index (χ2n) is 3.99. The van der Waals surface area contributed by atoms with Gasteiger partial charge in [-0.05, 0) is 19.8 Å². The molecule has 1 aromatic rings. The normalized spacial score (nSPS) is 15.2. The summed E-state index contributed by atoms with van der Waals surface area (Å²) < 4.78 is 0. The SMILES string of the molecule is Cc1cc(NCC(=O)N2CCCC2)ncn1. The van der Waals surface area contributed by atoms with E-state index in [2.05, 4.69) is 15.3 Å². The van der Waals surface area contributed by atoms with Gasteiger partial charge in [0.05, 0.1) is 6.54 Å². The van der Waals surface area contributed by atoms with E-state index < -0.39 is 0 Å². The fourth-order valence-corrected chi connectivity index (χ4v) is 1.80. The summed E-state index contributed by atoms with van der Waals surface area (Å²) in [4.78, 5) is 21.7. The lowest BCUT2D eigenvalue weighted by atomic mass is 10.4. The van der Waals surface area contributed by atoms with Gasteiger partial charge < -0.3 is 10.2 Å². The molecule has 1 amide bonds. The molecule has 0 bridgehead atoms. The number of aryl methyl sites for hydroxylation is 1. The van der Waals surface area contributed by atoms with Crippen LogP contribution in [0.2, 0.25) is 0 Å². The molecule has 1 aliphatic heterocycles. The van der Waals surface area contributed by atoms with Crippen molar-refractivity contribution < 1.29 is 4.79 Å². The van der Waals surface area contributed by atoms with Gasteiger partial charge in [-0.3, -0.25) is 4.79 Å². The Bertz CT molecular complexity index is 374. The second kappa shape index (κ2) is 4.92. The van der Waals surface area contributed by atoms with Gasteiger partial charge in [-0.2, -0.15) is 0 Å². The first-order chi connectivity index (χ1) is 7.75. The van der Waals surface area contributed by atoms with Crippen molar-refractivity contribution in [3.63, 3.8) is 0 Å². The number of hydrogen-bond donors (Lipinski definition) is 1. The summed E-state index contributed by atoms with van der Waals surface area (Å²) >= 11 is 0. The van der Waals surface area contributed by atoms with Gasteiger partial charge in [0, 0.05) is 24.8 Å². The molecule has 5 heteroatoms. The molecule has 1 fully saturated rings. The number of nitrogens with one attached hydrogen (secondary N) is 1. The Morgan fingerprint density at radius 1 is 1.44 bits per heavy atom. The Labute approximate surface area is 94.9 Å². The lowest BCUT2D eigenvalue weighted by molar-refractivity contribution is -0.128. The predicted octanol–water partition coefficient (Wildman–Crippen LogP) is 0.819. The Morgan fingerprint density at radius 2 is 2.19 bits per heavy atom. The minimum Gasteiger partial charge on any atom is -0.361 e.